The summed E-state index contributed by atoms with van der Waals surface area (Å²) < 4.78 is 5.81. The number of aliphatic carboxylic acids is 1. The summed E-state index contributed by atoms with van der Waals surface area (Å²) in [5.74, 6) is 0.604. The second-order valence-electron chi connectivity index (χ2n) is 7.53. The molecule has 0 atom stereocenters. The summed E-state index contributed by atoms with van der Waals surface area (Å²) in [6, 6.07) is 14.9. The number of benzene rings is 2. The Balaban J connectivity index is 1.66. The number of carbonyl (C=O) groups excluding carboxylic acids is 1. The third-order valence-electron chi connectivity index (χ3n) is 5.28. The number of aryl methyl sites for hydroxylation is 1. The molecule has 0 unspecified atom stereocenters. The fraction of sp³-hybridized carbons (Fsp3) is 0.333. The first-order valence-electron chi connectivity index (χ1n) is 10.1. The highest BCUT2D eigenvalue weighted by Gasteiger charge is 2.18. The highest BCUT2D eigenvalue weighted by atomic mass is 16.5. The van der Waals surface area contributed by atoms with Crippen molar-refractivity contribution in [2.45, 2.75) is 45.4 Å². The number of para-hydroxylation sites is 1. The van der Waals surface area contributed by atoms with Crippen molar-refractivity contribution < 1.29 is 19.4 Å². The summed E-state index contributed by atoms with van der Waals surface area (Å²) >= 11 is 0. The normalized spacial score (nSPS) is 14.6. The lowest BCUT2D eigenvalue weighted by Crippen LogP contribution is -2.27. The predicted molar refractivity (Wildman–Crippen MR) is 113 cm³/mol. The number of ether oxygens (including phenoxy) is 1. The molecule has 3 rings (SSSR count). The highest BCUT2D eigenvalue weighted by molar-refractivity contribution is 5.97. The largest absolute Gasteiger partial charge is 0.477 e. The zero-order valence-corrected chi connectivity index (χ0v) is 16.7. The highest BCUT2D eigenvalue weighted by Crippen LogP contribution is 2.28. The Morgan fingerprint density at radius 1 is 1.10 bits per heavy atom. The van der Waals surface area contributed by atoms with Crippen molar-refractivity contribution in [3.05, 3.63) is 65.4 Å². The Morgan fingerprint density at radius 2 is 1.83 bits per heavy atom. The van der Waals surface area contributed by atoms with E-state index in [1.165, 1.54) is 31.8 Å². The maximum atomic E-state index is 12.2. The lowest BCUT2D eigenvalue weighted by atomic mass is 10.0. The molecule has 152 valence electrons. The molecular weight excluding hydrogens is 366 g/mol. The summed E-state index contributed by atoms with van der Waals surface area (Å²) in [6.45, 7) is 1.88. The monoisotopic (exact) mass is 393 g/mol. The first-order valence-corrected chi connectivity index (χ1v) is 10.1. The number of carbonyl (C=O) groups is 2. The Morgan fingerprint density at radius 3 is 2.48 bits per heavy atom. The SMILES string of the molecule is Cc1cc(Oc2ccccc2)ccc1/C=C(\NC(=O)CCC1CCCC1)C(=O)O. The van der Waals surface area contributed by atoms with Crippen molar-refractivity contribution in [2.75, 3.05) is 0 Å². The summed E-state index contributed by atoms with van der Waals surface area (Å²) in [4.78, 5) is 23.8. The Hall–Kier alpha value is -3.08. The van der Waals surface area contributed by atoms with Gasteiger partial charge in [0, 0.05) is 6.42 Å². The molecule has 1 saturated carbocycles. The summed E-state index contributed by atoms with van der Waals surface area (Å²) in [5, 5.41) is 12.1. The summed E-state index contributed by atoms with van der Waals surface area (Å²) in [5.41, 5.74) is 1.47. The van der Waals surface area contributed by atoms with E-state index < -0.39 is 5.97 Å². The Bertz CT molecular complexity index is 883. The van der Waals surface area contributed by atoms with E-state index in [2.05, 4.69) is 5.32 Å². The number of hydrogen-bond donors (Lipinski definition) is 2. The molecule has 5 nitrogen and oxygen atoms in total. The van der Waals surface area contributed by atoms with Gasteiger partial charge in [-0.15, -0.1) is 0 Å². The van der Waals surface area contributed by atoms with Gasteiger partial charge in [0.25, 0.3) is 0 Å². The minimum atomic E-state index is -1.15. The third kappa shape index (κ3) is 6.21. The quantitative estimate of drug-likeness (QED) is 0.597. The van der Waals surface area contributed by atoms with Crippen LogP contribution in [0.25, 0.3) is 6.08 Å². The minimum Gasteiger partial charge on any atom is -0.477 e. The van der Waals surface area contributed by atoms with Crippen molar-refractivity contribution >= 4 is 18.0 Å². The molecule has 1 fully saturated rings. The topological polar surface area (TPSA) is 75.6 Å². The summed E-state index contributed by atoms with van der Waals surface area (Å²) in [7, 11) is 0. The van der Waals surface area contributed by atoms with Gasteiger partial charge in [-0.1, -0.05) is 49.9 Å². The van der Waals surface area contributed by atoms with Crippen molar-refractivity contribution in [3.63, 3.8) is 0 Å². The molecule has 29 heavy (non-hydrogen) atoms. The molecule has 1 aliphatic carbocycles. The van der Waals surface area contributed by atoms with Crippen LogP contribution >= 0.6 is 0 Å². The molecule has 0 spiro atoms. The average Bonchev–Trinajstić information content (AvgIpc) is 3.22. The molecular formula is C24H27NO4. The van der Waals surface area contributed by atoms with E-state index in [4.69, 9.17) is 4.74 Å². The molecule has 0 bridgehead atoms. The van der Waals surface area contributed by atoms with Crippen LogP contribution in [-0.2, 0) is 9.59 Å². The molecule has 1 amide bonds. The second kappa shape index (κ2) is 9.92. The molecule has 0 radical (unpaired) electrons. The average molecular weight is 393 g/mol. The van der Waals surface area contributed by atoms with E-state index in [0.717, 1.165) is 23.3 Å². The molecule has 0 aromatic heterocycles. The van der Waals surface area contributed by atoms with E-state index in [-0.39, 0.29) is 11.6 Å². The van der Waals surface area contributed by atoms with E-state index in [9.17, 15) is 14.7 Å². The third-order valence-corrected chi connectivity index (χ3v) is 5.28. The van der Waals surface area contributed by atoms with Crippen molar-refractivity contribution in [1.29, 1.82) is 0 Å². The van der Waals surface area contributed by atoms with Crippen LogP contribution in [0.3, 0.4) is 0 Å². The maximum absolute atomic E-state index is 12.2. The number of amides is 1. The van der Waals surface area contributed by atoms with E-state index >= 15 is 0 Å². The molecule has 0 heterocycles. The van der Waals surface area contributed by atoms with Gasteiger partial charge in [-0.25, -0.2) is 4.79 Å². The van der Waals surface area contributed by atoms with Gasteiger partial charge < -0.3 is 15.2 Å². The molecule has 0 aliphatic heterocycles. The lowest BCUT2D eigenvalue weighted by Gasteiger charge is -2.11. The minimum absolute atomic E-state index is 0.110. The van der Waals surface area contributed by atoms with Crippen LogP contribution in [0, 0.1) is 12.8 Å². The van der Waals surface area contributed by atoms with Crippen molar-refractivity contribution in [3.8, 4) is 11.5 Å². The van der Waals surface area contributed by atoms with Crippen LogP contribution in [0.1, 0.15) is 49.7 Å². The molecule has 2 aromatic rings. The van der Waals surface area contributed by atoms with Gasteiger partial charge in [-0.2, -0.15) is 0 Å². The van der Waals surface area contributed by atoms with Crippen LogP contribution in [0.4, 0.5) is 0 Å². The van der Waals surface area contributed by atoms with Gasteiger partial charge in [0.1, 0.15) is 17.2 Å². The summed E-state index contributed by atoms with van der Waals surface area (Å²) in [6.07, 6.45) is 7.49. The van der Waals surface area contributed by atoms with Crippen LogP contribution in [0.2, 0.25) is 0 Å². The van der Waals surface area contributed by atoms with Crippen molar-refractivity contribution in [2.24, 2.45) is 5.92 Å². The molecule has 0 saturated heterocycles. The van der Waals surface area contributed by atoms with Gasteiger partial charge in [0.05, 0.1) is 0 Å². The van der Waals surface area contributed by atoms with Crippen LogP contribution in [0.15, 0.2) is 54.2 Å². The van der Waals surface area contributed by atoms with Gasteiger partial charge in [-0.3, -0.25) is 4.79 Å². The van der Waals surface area contributed by atoms with E-state index in [1.54, 1.807) is 12.1 Å². The number of carboxylic acid groups (broad SMARTS) is 1. The zero-order chi connectivity index (χ0) is 20.6. The van der Waals surface area contributed by atoms with Crippen LogP contribution < -0.4 is 10.1 Å². The van der Waals surface area contributed by atoms with Gasteiger partial charge in [0.15, 0.2) is 0 Å². The van der Waals surface area contributed by atoms with Crippen LogP contribution in [-0.4, -0.2) is 17.0 Å². The fourth-order valence-electron chi connectivity index (χ4n) is 3.65. The van der Waals surface area contributed by atoms with Crippen molar-refractivity contribution in [1.82, 2.24) is 5.32 Å². The molecule has 2 N–H and O–H groups in total. The van der Waals surface area contributed by atoms with Gasteiger partial charge in [-0.05, 0) is 60.7 Å². The first kappa shape index (κ1) is 20.6. The Kier molecular flexibility index (Phi) is 7.06. The second-order valence-corrected chi connectivity index (χ2v) is 7.53. The molecule has 5 heteroatoms. The fourth-order valence-corrected chi connectivity index (χ4v) is 3.65. The molecule has 2 aromatic carbocycles. The first-order chi connectivity index (χ1) is 14.0. The smallest absolute Gasteiger partial charge is 0.352 e. The number of carboxylic acids is 1. The zero-order valence-electron chi connectivity index (χ0n) is 16.7. The van der Waals surface area contributed by atoms with E-state index in [0.29, 0.717) is 18.1 Å². The standard InChI is InChI=1S/C24H27NO4/c1-17-15-21(29-20-9-3-2-4-10-20)13-12-19(17)16-22(24(27)28)25-23(26)14-11-18-7-5-6-8-18/h2-4,9-10,12-13,15-16,18H,5-8,11,14H2,1H3,(H,25,26)(H,27,28)/b22-16-. The van der Waals surface area contributed by atoms with Gasteiger partial charge in [0.2, 0.25) is 5.91 Å². The number of nitrogens with one attached hydrogen (secondary N) is 1. The lowest BCUT2D eigenvalue weighted by molar-refractivity contribution is -0.134. The number of rotatable bonds is 8. The Labute approximate surface area is 171 Å². The van der Waals surface area contributed by atoms with Gasteiger partial charge >= 0.3 is 5.97 Å². The maximum Gasteiger partial charge on any atom is 0.352 e. The van der Waals surface area contributed by atoms with E-state index in [1.807, 2.05) is 43.3 Å². The molecule has 1 aliphatic rings. The van der Waals surface area contributed by atoms with Crippen LogP contribution in [0.5, 0.6) is 11.5 Å². The number of hydrogen-bond acceptors (Lipinski definition) is 3. The predicted octanol–water partition coefficient (Wildman–Crippen LogP) is 5.30.